The molecule has 0 aliphatic rings. The van der Waals surface area contributed by atoms with Crippen molar-refractivity contribution < 1.29 is 9.72 Å². The van der Waals surface area contributed by atoms with Gasteiger partial charge in [0.15, 0.2) is 0 Å². The molecule has 4 N–H and O–H groups in total. The highest BCUT2D eigenvalue weighted by atomic mass is 32.1. The second-order valence-corrected chi connectivity index (χ2v) is 5.24. The molecule has 2 aromatic rings. The van der Waals surface area contributed by atoms with Gasteiger partial charge < -0.3 is 10.7 Å². The standard InChI is InChI=1S/C12H13N5O3S/c1-7-15-9(6-21-7)5-14-12(18)10-4-8(16-13)2-3-11(10)17(19)20/h2-4,6,16H,5,13H2,1H3,(H,14,18). The summed E-state index contributed by atoms with van der Waals surface area (Å²) in [5, 5.41) is 16.3. The molecule has 9 heteroatoms. The molecule has 0 bridgehead atoms. The van der Waals surface area contributed by atoms with Crippen LogP contribution in [0.4, 0.5) is 11.4 Å². The van der Waals surface area contributed by atoms with Crippen molar-refractivity contribution in [3.05, 3.63) is 50.0 Å². The zero-order valence-corrected chi connectivity index (χ0v) is 11.9. The zero-order valence-electron chi connectivity index (χ0n) is 11.1. The summed E-state index contributed by atoms with van der Waals surface area (Å²) in [5.74, 6) is 4.70. The molecule has 0 saturated carbocycles. The van der Waals surface area contributed by atoms with Gasteiger partial charge >= 0.3 is 0 Å². The third kappa shape index (κ3) is 3.52. The molecular weight excluding hydrogens is 294 g/mol. The molecular formula is C12H13N5O3S. The molecule has 0 atom stereocenters. The largest absolute Gasteiger partial charge is 0.346 e. The summed E-state index contributed by atoms with van der Waals surface area (Å²) in [6.07, 6.45) is 0. The number of nitro groups is 1. The summed E-state index contributed by atoms with van der Waals surface area (Å²) in [7, 11) is 0. The summed E-state index contributed by atoms with van der Waals surface area (Å²) in [6, 6.07) is 4.00. The maximum absolute atomic E-state index is 12.1. The van der Waals surface area contributed by atoms with Crippen molar-refractivity contribution in [2.75, 3.05) is 5.43 Å². The van der Waals surface area contributed by atoms with Gasteiger partial charge in [-0.3, -0.25) is 20.8 Å². The van der Waals surface area contributed by atoms with E-state index < -0.39 is 10.8 Å². The minimum atomic E-state index is -0.609. The molecule has 1 aromatic carbocycles. The fourth-order valence-corrected chi connectivity index (χ4v) is 2.33. The Hall–Kier alpha value is -2.52. The average Bonchev–Trinajstić information content (AvgIpc) is 2.89. The Kier molecular flexibility index (Phi) is 4.45. The number of amides is 1. The number of aromatic nitrogens is 1. The Labute approximate surface area is 124 Å². The minimum absolute atomic E-state index is 0.0533. The fraction of sp³-hybridized carbons (Fsp3) is 0.167. The molecule has 0 aliphatic carbocycles. The number of carbonyl (C=O) groups excluding carboxylic acids is 1. The van der Waals surface area contributed by atoms with Gasteiger partial charge in [-0.05, 0) is 19.1 Å². The number of nitro benzene ring substituents is 1. The van der Waals surface area contributed by atoms with Crippen LogP contribution in [0.25, 0.3) is 0 Å². The lowest BCUT2D eigenvalue weighted by molar-refractivity contribution is -0.385. The lowest BCUT2D eigenvalue weighted by Gasteiger charge is -2.06. The Morgan fingerprint density at radius 2 is 2.29 bits per heavy atom. The first-order valence-electron chi connectivity index (χ1n) is 5.95. The number of nitrogens with one attached hydrogen (secondary N) is 2. The number of hydrazine groups is 1. The molecule has 1 heterocycles. The molecule has 110 valence electrons. The number of hydrogen-bond acceptors (Lipinski definition) is 7. The SMILES string of the molecule is Cc1nc(CNC(=O)c2cc(NN)ccc2[N+](=O)[O-])cs1. The Morgan fingerprint density at radius 3 is 2.86 bits per heavy atom. The number of hydrogen-bond donors (Lipinski definition) is 3. The van der Waals surface area contributed by atoms with E-state index in [4.69, 9.17) is 5.84 Å². The second kappa shape index (κ2) is 6.29. The normalized spacial score (nSPS) is 10.2. The highest BCUT2D eigenvalue weighted by Gasteiger charge is 2.20. The number of nitrogen functional groups attached to an aromatic ring is 1. The van der Waals surface area contributed by atoms with Crippen LogP contribution in [0, 0.1) is 17.0 Å². The van der Waals surface area contributed by atoms with Crippen LogP contribution in [-0.2, 0) is 6.54 Å². The topological polar surface area (TPSA) is 123 Å². The van der Waals surface area contributed by atoms with E-state index in [1.54, 1.807) is 0 Å². The number of rotatable bonds is 5. The number of anilines is 1. The van der Waals surface area contributed by atoms with Gasteiger partial charge in [-0.15, -0.1) is 11.3 Å². The molecule has 0 aliphatic heterocycles. The molecule has 8 nitrogen and oxygen atoms in total. The molecule has 1 amide bonds. The number of thiazole rings is 1. The Bertz CT molecular complexity index is 685. The molecule has 0 fully saturated rings. The highest BCUT2D eigenvalue weighted by Crippen LogP contribution is 2.22. The number of benzene rings is 1. The van der Waals surface area contributed by atoms with E-state index in [-0.39, 0.29) is 17.8 Å². The maximum atomic E-state index is 12.1. The van der Waals surface area contributed by atoms with Crippen molar-refractivity contribution in [2.24, 2.45) is 5.84 Å². The summed E-state index contributed by atoms with van der Waals surface area (Å²) in [4.78, 5) is 26.7. The molecule has 21 heavy (non-hydrogen) atoms. The van der Waals surface area contributed by atoms with Crippen LogP contribution in [-0.4, -0.2) is 15.8 Å². The molecule has 2 rings (SSSR count). The fourth-order valence-electron chi connectivity index (χ4n) is 1.72. The van der Waals surface area contributed by atoms with Gasteiger partial charge in [0.05, 0.1) is 22.2 Å². The van der Waals surface area contributed by atoms with E-state index >= 15 is 0 Å². The molecule has 0 saturated heterocycles. The van der Waals surface area contributed by atoms with Gasteiger partial charge in [-0.25, -0.2) is 4.98 Å². The van der Waals surface area contributed by atoms with Crippen LogP contribution in [0.15, 0.2) is 23.6 Å². The number of nitrogens with zero attached hydrogens (tertiary/aromatic N) is 2. The molecule has 0 radical (unpaired) electrons. The first-order chi connectivity index (χ1) is 10.0. The molecule has 1 aromatic heterocycles. The van der Waals surface area contributed by atoms with E-state index in [1.807, 2.05) is 12.3 Å². The Balaban J connectivity index is 2.19. The first-order valence-corrected chi connectivity index (χ1v) is 6.83. The summed E-state index contributed by atoms with van der Waals surface area (Å²) >= 11 is 1.47. The van der Waals surface area contributed by atoms with Crippen LogP contribution in [0.1, 0.15) is 21.1 Å². The first kappa shape index (κ1) is 14.9. The van der Waals surface area contributed by atoms with E-state index in [9.17, 15) is 14.9 Å². The van der Waals surface area contributed by atoms with Crippen molar-refractivity contribution in [3.8, 4) is 0 Å². The van der Waals surface area contributed by atoms with Gasteiger partial charge in [0.25, 0.3) is 11.6 Å². The lowest BCUT2D eigenvalue weighted by atomic mass is 10.1. The Morgan fingerprint density at radius 1 is 1.52 bits per heavy atom. The summed E-state index contributed by atoms with van der Waals surface area (Å²) in [5.41, 5.74) is 3.14. The van der Waals surface area contributed by atoms with E-state index in [0.29, 0.717) is 11.4 Å². The van der Waals surface area contributed by atoms with Gasteiger partial charge in [-0.2, -0.15) is 0 Å². The minimum Gasteiger partial charge on any atom is -0.346 e. The highest BCUT2D eigenvalue weighted by molar-refractivity contribution is 7.09. The third-order valence-corrected chi connectivity index (χ3v) is 3.52. The van der Waals surface area contributed by atoms with Crippen molar-refractivity contribution in [2.45, 2.75) is 13.5 Å². The van der Waals surface area contributed by atoms with Gasteiger partial charge in [-0.1, -0.05) is 0 Å². The van der Waals surface area contributed by atoms with Gasteiger partial charge in [0.1, 0.15) is 5.56 Å². The summed E-state index contributed by atoms with van der Waals surface area (Å²) in [6.45, 7) is 2.07. The van der Waals surface area contributed by atoms with Crippen LogP contribution >= 0.6 is 11.3 Å². The van der Waals surface area contributed by atoms with E-state index in [1.165, 1.54) is 29.5 Å². The van der Waals surface area contributed by atoms with Gasteiger partial charge in [0, 0.05) is 17.1 Å². The van der Waals surface area contributed by atoms with Crippen LogP contribution < -0.4 is 16.6 Å². The summed E-state index contributed by atoms with van der Waals surface area (Å²) < 4.78 is 0. The number of aryl methyl sites for hydroxylation is 1. The predicted octanol–water partition coefficient (Wildman–Crippen LogP) is 1.58. The van der Waals surface area contributed by atoms with E-state index in [0.717, 1.165) is 5.01 Å². The number of nitrogens with two attached hydrogens (primary N) is 1. The van der Waals surface area contributed by atoms with E-state index in [2.05, 4.69) is 15.7 Å². The van der Waals surface area contributed by atoms with Crippen molar-refractivity contribution in [3.63, 3.8) is 0 Å². The predicted molar refractivity (Wildman–Crippen MR) is 78.9 cm³/mol. The zero-order chi connectivity index (χ0) is 15.4. The second-order valence-electron chi connectivity index (χ2n) is 4.17. The molecule has 0 unspecified atom stereocenters. The quantitative estimate of drug-likeness (QED) is 0.438. The lowest BCUT2D eigenvalue weighted by Crippen LogP contribution is -2.24. The van der Waals surface area contributed by atoms with Crippen molar-refractivity contribution in [1.82, 2.24) is 10.3 Å². The number of carbonyl (C=O) groups is 1. The monoisotopic (exact) mass is 307 g/mol. The van der Waals surface area contributed by atoms with Crippen molar-refractivity contribution in [1.29, 1.82) is 0 Å². The van der Waals surface area contributed by atoms with Crippen LogP contribution in [0.2, 0.25) is 0 Å². The van der Waals surface area contributed by atoms with Crippen LogP contribution in [0.5, 0.6) is 0 Å². The third-order valence-electron chi connectivity index (χ3n) is 2.70. The van der Waals surface area contributed by atoms with Crippen LogP contribution in [0.3, 0.4) is 0 Å². The average molecular weight is 307 g/mol. The van der Waals surface area contributed by atoms with Gasteiger partial charge in [0.2, 0.25) is 0 Å². The smallest absolute Gasteiger partial charge is 0.282 e. The molecule has 0 spiro atoms. The van der Waals surface area contributed by atoms with Crippen molar-refractivity contribution >= 4 is 28.6 Å². The maximum Gasteiger partial charge on any atom is 0.282 e.